The van der Waals surface area contributed by atoms with Gasteiger partial charge in [-0.05, 0) is 24.5 Å². The van der Waals surface area contributed by atoms with Crippen molar-refractivity contribution in [2.24, 2.45) is 11.7 Å². The number of benzene rings is 1. The third-order valence-corrected chi connectivity index (χ3v) is 9.69. The lowest BCUT2D eigenvalue weighted by Gasteiger charge is -2.44. The zero-order chi connectivity index (χ0) is 27.2. The van der Waals surface area contributed by atoms with E-state index in [4.69, 9.17) is 15.6 Å². The van der Waals surface area contributed by atoms with Gasteiger partial charge >= 0.3 is 10.2 Å². The van der Waals surface area contributed by atoms with Crippen LogP contribution >= 0.6 is 11.8 Å². The second kappa shape index (κ2) is 10.0. The summed E-state index contributed by atoms with van der Waals surface area (Å²) >= 11 is 1.00. The van der Waals surface area contributed by atoms with Crippen LogP contribution in [0.15, 0.2) is 52.3 Å². The maximum absolute atomic E-state index is 16.0. The van der Waals surface area contributed by atoms with Crippen LogP contribution in [-0.2, 0) is 20.8 Å². The summed E-state index contributed by atoms with van der Waals surface area (Å²) in [5.74, 6) is -2.85. The quantitative estimate of drug-likeness (QED) is 0.184. The number of amides is 1. The monoisotopic (exact) mass is 560 g/mol. The molecule has 2 fully saturated rings. The molecule has 0 saturated carbocycles. The Labute approximate surface area is 222 Å². The number of hydrogen-bond acceptors (Lipinski definition) is 8. The van der Waals surface area contributed by atoms with Crippen LogP contribution in [0.5, 0.6) is 0 Å². The maximum atomic E-state index is 16.0. The molecule has 3 aromatic rings. The van der Waals surface area contributed by atoms with Crippen molar-refractivity contribution < 1.29 is 26.8 Å². The Morgan fingerprint density at radius 2 is 1.89 bits per heavy atom. The Balaban J connectivity index is 1.51. The fourth-order valence-electron chi connectivity index (χ4n) is 4.53. The summed E-state index contributed by atoms with van der Waals surface area (Å²) in [5.41, 5.74) is 6.65. The van der Waals surface area contributed by atoms with Gasteiger partial charge in [0.25, 0.3) is 5.91 Å². The van der Waals surface area contributed by atoms with Gasteiger partial charge < -0.3 is 10.2 Å². The van der Waals surface area contributed by atoms with Crippen LogP contribution < -0.4 is 5.73 Å². The Morgan fingerprint density at radius 1 is 1.21 bits per heavy atom. The summed E-state index contributed by atoms with van der Waals surface area (Å²) in [7, 11) is -4.16. The molecule has 1 amide bonds. The van der Waals surface area contributed by atoms with E-state index in [1.54, 1.807) is 24.3 Å². The first-order chi connectivity index (χ1) is 18.1. The normalized spacial score (nSPS) is 20.1. The van der Waals surface area contributed by atoms with Crippen molar-refractivity contribution >= 4 is 39.6 Å². The fraction of sp³-hybridized carbons (Fsp3) is 0.333. The molecule has 1 aromatic carbocycles. The van der Waals surface area contributed by atoms with Gasteiger partial charge in [-0.25, -0.2) is 8.70 Å². The highest BCUT2D eigenvalue weighted by Gasteiger charge is 2.56. The highest BCUT2D eigenvalue weighted by molar-refractivity contribution is 7.98. The van der Waals surface area contributed by atoms with Crippen LogP contribution in [0.25, 0.3) is 0 Å². The molecule has 0 spiro atoms. The molecule has 4 heterocycles. The van der Waals surface area contributed by atoms with E-state index in [9.17, 15) is 18.0 Å². The summed E-state index contributed by atoms with van der Waals surface area (Å²) in [6.45, 7) is 2.09. The van der Waals surface area contributed by atoms with Crippen LogP contribution in [0.1, 0.15) is 53.0 Å². The summed E-state index contributed by atoms with van der Waals surface area (Å²) in [6, 6.07) is 7.03. The second-order valence-electron chi connectivity index (χ2n) is 9.11. The number of aromatic nitrogens is 2. The molecule has 5 rings (SSSR count). The minimum Gasteiger partial charge on any atom is -0.472 e. The van der Waals surface area contributed by atoms with E-state index >= 15 is 4.39 Å². The molecule has 2 aromatic heterocycles. The van der Waals surface area contributed by atoms with E-state index in [0.29, 0.717) is 22.7 Å². The standard InChI is InChI=1S/C24H25FN6O5S2/c1-14-20(31(22(14)32)38(34,35)29-9-2-3-10-29)19-18(25)24(30(28-19)23(33)17-8-11-36-12-17)37-13-15-4-6-16(7-5-15)21(26)27/h4-8,11-12,14,20H,2-3,9-10,13H2,1H3,(H3,26,27). The van der Waals surface area contributed by atoms with E-state index in [1.807, 2.05) is 0 Å². The van der Waals surface area contributed by atoms with E-state index in [2.05, 4.69) is 5.10 Å². The topological polar surface area (TPSA) is 156 Å². The molecule has 2 atom stereocenters. The molecule has 2 aliphatic heterocycles. The smallest absolute Gasteiger partial charge is 0.306 e. The Kier molecular flexibility index (Phi) is 6.88. The molecule has 200 valence electrons. The van der Waals surface area contributed by atoms with Crippen LogP contribution in [-0.4, -0.2) is 57.5 Å². The molecule has 11 nitrogen and oxygen atoms in total. The van der Waals surface area contributed by atoms with Crippen molar-refractivity contribution in [1.29, 1.82) is 5.41 Å². The van der Waals surface area contributed by atoms with Crippen molar-refractivity contribution in [1.82, 2.24) is 18.4 Å². The summed E-state index contributed by atoms with van der Waals surface area (Å²) in [5, 5.41) is 11.6. The molecule has 2 aliphatic rings. The van der Waals surface area contributed by atoms with Gasteiger partial charge in [-0.2, -0.15) is 22.5 Å². The van der Waals surface area contributed by atoms with Crippen LogP contribution in [0.2, 0.25) is 0 Å². The zero-order valence-electron chi connectivity index (χ0n) is 20.3. The van der Waals surface area contributed by atoms with Gasteiger partial charge in [0.05, 0.1) is 17.7 Å². The van der Waals surface area contributed by atoms with Gasteiger partial charge in [-0.3, -0.25) is 15.0 Å². The van der Waals surface area contributed by atoms with Crippen LogP contribution in [0.4, 0.5) is 4.39 Å². The van der Waals surface area contributed by atoms with Crippen molar-refractivity contribution in [3.8, 4) is 0 Å². The van der Waals surface area contributed by atoms with Crippen molar-refractivity contribution in [3.63, 3.8) is 0 Å². The molecule has 3 N–H and O–H groups in total. The molecule has 2 unspecified atom stereocenters. The lowest BCUT2D eigenvalue weighted by Crippen LogP contribution is -2.60. The first-order valence-corrected chi connectivity index (χ1v) is 14.2. The van der Waals surface area contributed by atoms with Crippen LogP contribution in [0.3, 0.4) is 0 Å². The molecule has 14 heteroatoms. The lowest BCUT2D eigenvalue weighted by molar-refractivity contribution is -0.146. The third-order valence-electron chi connectivity index (χ3n) is 6.67. The van der Waals surface area contributed by atoms with Gasteiger partial charge in [0.15, 0.2) is 5.82 Å². The Bertz CT molecular complexity index is 1500. The predicted octanol–water partition coefficient (Wildman–Crippen LogP) is 2.74. The number of rotatable bonds is 8. The number of hydrogen-bond donors (Lipinski definition) is 2. The van der Waals surface area contributed by atoms with E-state index in [0.717, 1.165) is 22.0 Å². The molecular formula is C24H25FN6O5S2. The highest BCUT2D eigenvalue weighted by Crippen LogP contribution is 2.45. The number of β-lactam (4-membered cyclic amide) rings is 1. The van der Waals surface area contributed by atoms with Gasteiger partial charge in [0.2, 0.25) is 5.91 Å². The second-order valence-corrected chi connectivity index (χ2v) is 11.9. The maximum Gasteiger partial charge on any atom is 0.306 e. The Hall–Kier alpha value is -3.49. The number of amidine groups is 1. The van der Waals surface area contributed by atoms with E-state index in [-0.39, 0.29) is 41.0 Å². The van der Waals surface area contributed by atoms with E-state index in [1.165, 1.54) is 29.8 Å². The van der Waals surface area contributed by atoms with Gasteiger partial charge in [0.1, 0.15) is 28.9 Å². The van der Waals surface area contributed by atoms with Gasteiger partial charge in [-0.1, -0.05) is 43.0 Å². The zero-order valence-corrected chi connectivity index (χ0v) is 22.0. The number of carbonyl (C=O) groups excluding carboxylic acids is 2. The minimum absolute atomic E-state index is 0.0822. The van der Waals surface area contributed by atoms with Gasteiger partial charge in [-0.15, -0.1) is 0 Å². The minimum atomic E-state index is -4.16. The van der Waals surface area contributed by atoms with Gasteiger partial charge in [0, 0.05) is 24.4 Å². The first-order valence-electron chi connectivity index (χ1n) is 11.9. The van der Waals surface area contributed by atoms with Crippen molar-refractivity contribution in [2.75, 3.05) is 13.1 Å². The number of thioether (sulfide) groups is 1. The SMILES string of the molecule is CC1C(=O)N(S(=O)(=O)N2CCCC2)C1c1nn(C(=O)c2ccoc2)c(SCc2ccc(C(=N)N)cc2)c1F. The summed E-state index contributed by atoms with van der Waals surface area (Å²) in [4.78, 5) is 25.9. The summed E-state index contributed by atoms with van der Waals surface area (Å²) in [6.07, 6.45) is 3.86. The van der Waals surface area contributed by atoms with Crippen molar-refractivity contribution in [3.05, 3.63) is 71.1 Å². The molecule has 2 saturated heterocycles. The number of nitrogens with one attached hydrogen (secondary N) is 1. The highest BCUT2D eigenvalue weighted by atomic mass is 32.2. The third kappa shape index (κ3) is 4.41. The van der Waals surface area contributed by atoms with Crippen LogP contribution in [0, 0.1) is 17.1 Å². The van der Waals surface area contributed by atoms with E-state index < -0.39 is 39.8 Å². The average molecular weight is 561 g/mol. The number of furan rings is 1. The fourth-order valence-corrected chi connectivity index (χ4v) is 7.44. The Morgan fingerprint density at radius 3 is 2.50 bits per heavy atom. The number of carbonyl (C=O) groups is 2. The number of nitrogens with two attached hydrogens (primary N) is 1. The first kappa shape index (κ1) is 26.1. The lowest BCUT2D eigenvalue weighted by atomic mass is 9.90. The molecule has 0 aliphatic carbocycles. The number of nitrogens with zero attached hydrogens (tertiary/aromatic N) is 4. The molecule has 0 bridgehead atoms. The van der Waals surface area contributed by atoms with Crippen molar-refractivity contribution in [2.45, 2.75) is 36.6 Å². The molecular weight excluding hydrogens is 535 g/mol. The summed E-state index contributed by atoms with van der Waals surface area (Å²) < 4.78 is 50.3. The average Bonchev–Trinajstić information content (AvgIpc) is 3.68. The largest absolute Gasteiger partial charge is 0.472 e. The number of nitrogen functional groups attached to an aromatic ring is 1. The molecule has 38 heavy (non-hydrogen) atoms. The number of halogens is 1. The predicted molar refractivity (Wildman–Crippen MR) is 136 cm³/mol. The molecule has 0 radical (unpaired) electrons.